The third-order valence-electron chi connectivity index (χ3n) is 5.82. The topological polar surface area (TPSA) is 58.0 Å². The Morgan fingerprint density at radius 2 is 1.81 bits per heavy atom. The van der Waals surface area contributed by atoms with Crippen molar-refractivity contribution in [2.75, 3.05) is 45.8 Å². The van der Waals surface area contributed by atoms with Crippen molar-refractivity contribution in [1.29, 1.82) is 0 Å². The predicted molar refractivity (Wildman–Crippen MR) is 106 cm³/mol. The van der Waals surface area contributed by atoms with Crippen molar-refractivity contribution >= 4 is 33.4 Å². The molecule has 0 unspecified atom stereocenters. The molecule has 2 saturated heterocycles. The van der Waals surface area contributed by atoms with E-state index in [4.69, 9.17) is 4.98 Å². The van der Waals surface area contributed by atoms with Gasteiger partial charge in [-0.2, -0.15) is 0 Å². The highest BCUT2D eigenvalue weighted by atomic mass is 32.1. The van der Waals surface area contributed by atoms with Crippen LogP contribution in [0.5, 0.6) is 0 Å². The summed E-state index contributed by atoms with van der Waals surface area (Å²) in [6.45, 7) is 7.08. The minimum absolute atomic E-state index is 0.136. The molecule has 27 heavy (non-hydrogen) atoms. The summed E-state index contributed by atoms with van der Waals surface area (Å²) < 4.78 is 1.25. The number of para-hydroxylation sites is 1. The molecule has 6 nitrogen and oxygen atoms in total. The van der Waals surface area contributed by atoms with Crippen LogP contribution in [0, 0.1) is 0 Å². The molecule has 1 aromatic heterocycles. The molecule has 0 bridgehead atoms. The largest absolute Gasteiger partial charge is 0.338 e. The van der Waals surface area contributed by atoms with E-state index in [-0.39, 0.29) is 11.8 Å². The van der Waals surface area contributed by atoms with Gasteiger partial charge in [-0.05, 0) is 25.0 Å². The number of hydrogen-bond donors (Lipinski definition) is 1. The van der Waals surface area contributed by atoms with Crippen LogP contribution in [0.25, 0.3) is 10.2 Å². The van der Waals surface area contributed by atoms with Crippen LogP contribution < -0.4 is 4.90 Å². The molecule has 2 aliphatic heterocycles. The number of amides is 2. The zero-order chi connectivity index (χ0) is 18.8. The summed E-state index contributed by atoms with van der Waals surface area (Å²) in [5, 5.41) is 1.22. The van der Waals surface area contributed by atoms with Crippen molar-refractivity contribution in [1.82, 2.24) is 14.8 Å². The average molecular weight is 388 g/mol. The number of thiazole rings is 1. The summed E-state index contributed by atoms with van der Waals surface area (Å²) in [7, 11) is 0. The Morgan fingerprint density at radius 3 is 2.48 bits per heavy atom. The van der Waals surface area contributed by atoms with Gasteiger partial charge in [0.2, 0.25) is 5.91 Å². The fourth-order valence-corrected chi connectivity index (χ4v) is 5.22. The van der Waals surface area contributed by atoms with Gasteiger partial charge in [0.25, 0.3) is 5.91 Å². The Bertz CT molecular complexity index is 787. The van der Waals surface area contributed by atoms with Gasteiger partial charge in [0.1, 0.15) is 0 Å². The zero-order valence-electron chi connectivity index (χ0n) is 15.8. The van der Waals surface area contributed by atoms with Crippen LogP contribution in [-0.2, 0) is 9.59 Å². The van der Waals surface area contributed by atoms with E-state index >= 15 is 0 Å². The van der Waals surface area contributed by atoms with E-state index in [0.717, 1.165) is 57.6 Å². The molecule has 2 aliphatic rings. The van der Waals surface area contributed by atoms with Gasteiger partial charge in [-0.15, -0.1) is 11.3 Å². The van der Waals surface area contributed by atoms with Crippen LogP contribution in [0.15, 0.2) is 24.3 Å². The summed E-state index contributed by atoms with van der Waals surface area (Å²) in [5.41, 5.74) is 1.09. The summed E-state index contributed by atoms with van der Waals surface area (Å²) in [6.07, 6.45) is 2.00. The highest BCUT2D eigenvalue weighted by molar-refractivity contribution is 7.18. The van der Waals surface area contributed by atoms with Crippen molar-refractivity contribution in [3.8, 4) is 0 Å². The minimum atomic E-state index is 0.136. The second-order valence-corrected chi connectivity index (χ2v) is 8.67. The van der Waals surface area contributed by atoms with E-state index in [9.17, 15) is 9.59 Å². The van der Waals surface area contributed by atoms with Gasteiger partial charge >= 0.3 is 0 Å². The number of aromatic nitrogens is 1. The molecule has 7 heteroatoms. The van der Waals surface area contributed by atoms with E-state index in [1.807, 2.05) is 15.9 Å². The highest BCUT2D eigenvalue weighted by Crippen LogP contribution is 2.33. The van der Waals surface area contributed by atoms with Gasteiger partial charge in [-0.1, -0.05) is 12.1 Å². The molecule has 0 spiro atoms. The summed E-state index contributed by atoms with van der Waals surface area (Å²) in [6, 6.07) is 8.29. The quantitative estimate of drug-likeness (QED) is 0.846. The summed E-state index contributed by atoms with van der Waals surface area (Å²) in [5.74, 6) is 0.860. The number of piperidine rings is 1. The second-order valence-electron chi connectivity index (χ2n) is 7.61. The lowest BCUT2D eigenvalue weighted by molar-refractivity contribution is -0.896. The van der Waals surface area contributed by atoms with E-state index in [1.165, 1.54) is 14.6 Å². The second kappa shape index (κ2) is 7.94. The first-order valence-electron chi connectivity index (χ1n) is 9.82. The number of hydrogen-bond acceptors (Lipinski definition) is 4. The van der Waals surface area contributed by atoms with E-state index in [2.05, 4.69) is 18.2 Å². The van der Waals surface area contributed by atoms with Crippen LogP contribution >= 0.6 is 11.3 Å². The number of rotatable bonds is 3. The molecule has 4 rings (SSSR count). The number of benzene rings is 1. The molecule has 2 amide bonds. The molecule has 1 N–H and O–H groups in total. The first kappa shape index (κ1) is 18.4. The fraction of sp³-hybridized carbons (Fsp3) is 0.550. The monoisotopic (exact) mass is 387 g/mol. The fourth-order valence-electron chi connectivity index (χ4n) is 4.08. The van der Waals surface area contributed by atoms with Crippen LogP contribution in [0.1, 0.15) is 30.7 Å². The normalized spacial score (nSPS) is 19.6. The molecule has 0 aliphatic carbocycles. The summed E-state index contributed by atoms with van der Waals surface area (Å²) in [4.78, 5) is 34.1. The average Bonchev–Trinajstić information content (AvgIpc) is 3.13. The van der Waals surface area contributed by atoms with Gasteiger partial charge in [0.15, 0.2) is 6.54 Å². The molecule has 0 atom stereocenters. The standard InChI is InChI=1S/C20H26N4O2S/c1-15(25)23-12-10-22(11-13-23)14-19(26)24-8-6-16(7-9-24)20-21-17-4-2-3-5-18(17)27-20/h2-5,16H,6-14H2,1H3/p+1. The minimum Gasteiger partial charge on any atom is -0.338 e. The number of carbonyl (C=O) groups is 2. The van der Waals surface area contributed by atoms with E-state index < -0.39 is 0 Å². The van der Waals surface area contributed by atoms with Gasteiger partial charge in [-0.25, -0.2) is 4.98 Å². The number of nitrogens with one attached hydrogen (secondary N) is 1. The van der Waals surface area contributed by atoms with Crippen molar-refractivity contribution < 1.29 is 14.5 Å². The number of carbonyl (C=O) groups excluding carboxylic acids is 2. The Hall–Kier alpha value is -1.99. The number of fused-ring (bicyclic) bond motifs is 1. The molecule has 0 saturated carbocycles. The number of nitrogens with zero attached hydrogens (tertiary/aromatic N) is 3. The van der Waals surface area contributed by atoms with E-state index in [1.54, 1.807) is 18.3 Å². The predicted octanol–water partition coefficient (Wildman–Crippen LogP) is 0.749. The maximum atomic E-state index is 12.7. The van der Waals surface area contributed by atoms with Crippen molar-refractivity contribution in [2.45, 2.75) is 25.7 Å². The molecular formula is C20H27N4O2S+. The SMILES string of the molecule is CC(=O)N1CC[NH+](CC(=O)N2CCC(c3nc4ccccc4s3)CC2)CC1. The molecule has 144 valence electrons. The molecule has 2 fully saturated rings. The van der Waals surface area contributed by atoms with Crippen LogP contribution in [0.2, 0.25) is 0 Å². The lowest BCUT2D eigenvalue weighted by atomic mass is 9.97. The molecule has 2 aromatic rings. The number of likely N-dealkylation sites (tertiary alicyclic amines) is 1. The Kier molecular flexibility index (Phi) is 5.41. The van der Waals surface area contributed by atoms with Crippen LogP contribution in [-0.4, -0.2) is 72.4 Å². The number of quaternary nitrogens is 1. The third kappa shape index (κ3) is 4.14. The maximum Gasteiger partial charge on any atom is 0.277 e. The van der Waals surface area contributed by atoms with Gasteiger partial charge in [0, 0.05) is 25.9 Å². The van der Waals surface area contributed by atoms with Crippen molar-refractivity contribution in [3.63, 3.8) is 0 Å². The zero-order valence-corrected chi connectivity index (χ0v) is 16.6. The third-order valence-corrected chi connectivity index (χ3v) is 7.02. The van der Waals surface area contributed by atoms with Crippen LogP contribution in [0.4, 0.5) is 0 Å². The molecule has 1 aromatic carbocycles. The molecule has 0 radical (unpaired) electrons. The molecule has 3 heterocycles. The maximum absolute atomic E-state index is 12.7. The summed E-state index contributed by atoms with van der Waals surface area (Å²) >= 11 is 1.79. The Balaban J connectivity index is 1.27. The number of piperazine rings is 1. The lowest BCUT2D eigenvalue weighted by Gasteiger charge is -2.34. The van der Waals surface area contributed by atoms with E-state index in [0.29, 0.717) is 12.5 Å². The van der Waals surface area contributed by atoms with Crippen molar-refractivity contribution in [2.24, 2.45) is 0 Å². The Morgan fingerprint density at radius 1 is 1.11 bits per heavy atom. The molecular weight excluding hydrogens is 360 g/mol. The van der Waals surface area contributed by atoms with Crippen LogP contribution in [0.3, 0.4) is 0 Å². The first-order valence-corrected chi connectivity index (χ1v) is 10.6. The first-order chi connectivity index (χ1) is 13.1. The van der Waals surface area contributed by atoms with Gasteiger partial charge in [-0.3, -0.25) is 9.59 Å². The van der Waals surface area contributed by atoms with Gasteiger partial charge < -0.3 is 14.7 Å². The smallest absolute Gasteiger partial charge is 0.277 e. The van der Waals surface area contributed by atoms with Gasteiger partial charge in [0.05, 0.1) is 41.4 Å². The highest BCUT2D eigenvalue weighted by Gasteiger charge is 2.29. The lowest BCUT2D eigenvalue weighted by Crippen LogP contribution is -3.15. The Labute approximate surface area is 163 Å². The van der Waals surface area contributed by atoms with Crippen molar-refractivity contribution in [3.05, 3.63) is 29.3 Å².